The number of amides is 1. The van der Waals surface area contributed by atoms with Gasteiger partial charge in [0.1, 0.15) is 23.2 Å². The number of thiocarbonyl (C=S) groups is 1. The lowest BCUT2D eigenvalue weighted by atomic mass is 10.2. The van der Waals surface area contributed by atoms with Gasteiger partial charge in [0.25, 0.3) is 5.91 Å². The summed E-state index contributed by atoms with van der Waals surface area (Å²) in [7, 11) is 0. The van der Waals surface area contributed by atoms with Crippen LogP contribution in [0, 0.1) is 0 Å². The maximum Gasteiger partial charge on any atom is 0.326 e. The molecule has 162 valence electrons. The third-order valence-electron chi connectivity index (χ3n) is 4.45. The highest BCUT2D eigenvalue weighted by molar-refractivity contribution is 8.26. The van der Waals surface area contributed by atoms with Crippen LogP contribution in [0.4, 0.5) is 0 Å². The number of esters is 1. The van der Waals surface area contributed by atoms with E-state index in [0.717, 1.165) is 24.0 Å². The van der Waals surface area contributed by atoms with Gasteiger partial charge < -0.3 is 9.47 Å². The number of benzene rings is 2. The Hall–Kier alpha value is -2.35. The molecule has 1 heterocycles. The molecule has 8 heteroatoms. The fourth-order valence-corrected chi connectivity index (χ4v) is 4.17. The zero-order chi connectivity index (χ0) is 22.2. The Balaban J connectivity index is 1.58. The molecule has 0 radical (unpaired) electrons. The number of hydrogen-bond acceptors (Lipinski definition) is 6. The van der Waals surface area contributed by atoms with Gasteiger partial charge in [-0.25, -0.2) is 0 Å². The second kappa shape index (κ2) is 11.3. The Morgan fingerprint density at radius 1 is 1.19 bits per heavy atom. The van der Waals surface area contributed by atoms with Gasteiger partial charge in [-0.15, -0.1) is 0 Å². The molecule has 5 nitrogen and oxygen atoms in total. The number of halogens is 1. The number of carbonyl (C=O) groups excluding carboxylic acids is 2. The standard InChI is InChI=1S/C23H22ClNO4S2/c1-2-3-12-28-21(26)14-25-22(27)20(31-23(25)30)13-16-8-10-18(11-9-16)29-15-17-6-4-5-7-19(17)24/h4-11,13H,2-3,12,14-15H2,1H3/b20-13-. The Labute approximate surface area is 196 Å². The van der Waals surface area contributed by atoms with Crippen molar-refractivity contribution in [3.8, 4) is 5.75 Å². The monoisotopic (exact) mass is 475 g/mol. The first-order valence-corrected chi connectivity index (χ1v) is 11.5. The van der Waals surface area contributed by atoms with Crippen molar-refractivity contribution in [2.75, 3.05) is 13.2 Å². The van der Waals surface area contributed by atoms with E-state index < -0.39 is 5.97 Å². The van der Waals surface area contributed by atoms with Gasteiger partial charge in [-0.3, -0.25) is 14.5 Å². The first-order valence-electron chi connectivity index (χ1n) is 9.85. The van der Waals surface area contributed by atoms with Crippen LogP contribution < -0.4 is 4.74 Å². The van der Waals surface area contributed by atoms with Gasteiger partial charge in [-0.1, -0.05) is 79.3 Å². The van der Waals surface area contributed by atoms with Crippen molar-refractivity contribution in [1.82, 2.24) is 4.90 Å². The molecular formula is C23H22ClNO4S2. The fraction of sp³-hybridized carbons (Fsp3) is 0.261. The molecule has 1 aliphatic rings. The molecule has 1 aliphatic heterocycles. The molecule has 1 saturated heterocycles. The molecular weight excluding hydrogens is 454 g/mol. The molecule has 0 aliphatic carbocycles. The van der Waals surface area contributed by atoms with E-state index in [0.29, 0.717) is 33.2 Å². The van der Waals surface area contributed by atoms with E-state index in [4.69, 9.17) is 33.3 Å². The number of ether oxygens (including phenoxy) is 2. The van der Waals surface area contributed by atoms with Crippen LogP contribution in [0.1, 0.15) is 30.9 Å². The molecule has 0 N–H and O–H groups in total. The lowest BCUT2D eigenvalue weighted by Crippen LogP contribution is -2.34. The van der Waals surface area contributed by atoms with E-state index in [1.54, 1.807) is 6.08 Å². The van der Waals surface area contributed by atoms with Crippen LogP contribution in [0.25, 0.3) is 6.08 Å². The molecule has 0 saturated carbocycles. The summed E-state index contributed by atoms with van der Waals surface area (Å²) in [5.74, 6) is -0.0491. The summed E-state index contributed by atoms with van der Waals surface area (Å²) < 4.78 is 11.3. The normalized spacial score (nSPS) is 14.9. The van der Waals surface area contributed by atoms with E-state index in [-0.39, 0.29) is 12.5 Å². The van der Waals surface area contributed by atoms with Gasteiger partial charge in [0.2, 0.25) is 0 Å². The highest BCUT2D eigenvalue weighted by Crippen LogP contribution is 2.32. The average Bonchev–Trinajstić information content (AvgIpc) is 3.02. The number of hydrogen-bond donors (Lipinski definition) is 0. The summed E-state index contributed by atoms with van der Waals surface area (Å²) in [6, 6.07) is 14.9. The van der Waals surface area contributed by atoms with Crippen molar-refractivity contribution in [2.45, 2.75) is 26.4 Å². The quantitative estimate of drug-likeness (QED) is 0.207. The third kappa shape index (κ3) is 6.56. The minimum atomic E-state index is -0.453. The minimum absolute atomic E-state index is 0.166. The molecule has 2 aromatic rings. The number of rotatable bonds is 9. The van der Waals surface area contributed by atoms with Crippen molar-refractivity contribution in [2.24, 2.45) is 0 Å². The van der Waals surface area contributed by atoms with Crippen LogP contribution >= 0.6 is 35.6 Å². The van der Waals surface area contributed by atoms with Crippen LogP contribution in [0.5, 0.6) is 5.75 Å². The highest BCUT2D eigenvalue weighted by Gasteiger charge is 2.33. The predicted octanol–water partition coefficient (Wildman–Crippen LogP) is 5.46. The zero-order valence-electron chi connectivity index (χ0n) is 17.0. The second-order valence-electron chi connectivity index (χ2n) is 6.79. The molecule has 1 fully saturated rings. The highest BCUT2D eigenvalue weighted by atomic mass is 35.5. The molecule has 31 heavy (non-hydrogen) atoms. The Morgan fingerprint density at radius 3 is 2.65 bits per heavy atom. The van der Waals surface area contributed by atoms with E-state index >= 15 is 0 Å². The Bertz CT molecular complexity index is 991. The van der Waals surface area contributed by atoms with E-state index in [1.165, 1.54) is 16.7 Å². The largest absolute Gasteiger partial charge is 0.489 e. The van der Waals surface area contributed by atoms with Gasteiger partial charge in [0.05, 0.1) is 11.5 Å². The van der Waals surface area contributed by atoms with Crippen molar-refractivity contribution < 1.29 is 19.1 Å². The van der Waals surface area contributed by atoms with Crippen molar-refractivity contribution in [1.29, 1.82) is 0 Å². The third-order valence-corrected chi connectivity index (χ3v) is 6.20. The summed E-state index contributed by atoms with van der Waals surface area (Å²) in [6.07, 6.45) is 3.47. The Morgan fingerprint density at radius 2 is 1.94 bits per heavy atom. The zero-order valence-corrected chi connectivity index (χ0v) is 19.4. The predicted molar refractivity (Wildman–Crippen MR) is 128 cm³/mol. The number of nitrogens with zero attached hydrogens (tertiary/aromatic N) is 1. The first kappa shape index (κ1) is 23.3. The number of carbonyl (C=O) groups is 2. The van der Waals surface area contributed by atoms with Crippen molar-refractivity contribution >= 4 is 57.9 Å². The maximum absolute atomic E-state index is 12.6. The van der Waals surface area contributed by atoms with Crippen LogP contribution in [-0.2, 0) is 20.9 Å². The molecule has 0 atom stereocenters. The lowest BCUT2D eigenvalue weighted by molar-refractivity contribution is -0.146. The van der Waals surface area contributed by atoms with Gasteiger partial charge in [-0.05, 0) is 36.3 Å². The maximum atomic E-state index is 12.6. The molecule has 3 rings (SSSR count). The van der Waals surface area contributed by atoms with Crippen LogP contribution in [-0.4, -0.2) is 34.2 Å². The summed E-state index contributed by atoms with van der Waals surface area (Å²) in [5, 5.41) is 0.662. The summed E-state index contributed by atoms with van der Waals surface area (Å²) in [5.41, 5.74) is 1.74. The van der Waals surface area contributed by atoms with Crippen molar-refractivity contribution in [3.05, 3.63) is 69.6 Å². The van der Waals surface area contributed by atoms with E-state index in [2.05, 4.69) is 0 Å². The van der Waals surface area contributed by atoms with Crippen LogP contribution in [0.3, 0.4) is 0 Å². The van der Waals surface area contributed by atoms with Crippen LogP contribution in [0.15, 0.2) is 53.4 Å². The molecule has 0 aromatic heterocycles. The topological polar surface area (TPSA) is 55.8 Å². The smallest absolute Gasteiger partial charge is 0.326 e. The fourth-order valence-electron chi connectivity index (χ4n) is 2.73. The summed E-state index contributed by atoms with van der Waals surface area (Å²) >= 11 is 12.6. The summed E-state index contributed by atoms with van der Waals surface area (Å²) in [6.45, 7) is 2.57. The van der Waals surface area contributed by atoms with Crippen LogP contribution in [0.2, 0.25) is 5.02 Å². The SMILES string of the molecule is CCCCOC(=O)CN1C(=O)/C(=C/c2ccc(OCc3ccccc3Cl)cc2)SC1=S. The van der Waals surface area contributed by atoms with Gasteiger partial charge in [0, 0.05) is 10.6 Å². The first-order chi connectivity index (χ1) is 15.0. The second-order valence-corrected chi connectivity index (χ2v) is 8.87. The van der Waals surface area contributed by atoms with E-state index in [1.807, 2.05) is 55.5 Å². The molecule has 1 amide bonds. The van der Waals surface area contributed by atoms with Gasteiger partial charge in [-0.2, -0.15) is 0 Å². The molecule has 0 unspecified atom stereocenters. The average molecular weight is 476 g/mol. The van der Waals surface area contributed by atoms with Gasteiger partial charge >= 0.3 is 5.97 Å². The van der Waals surface area contributed by atoms with Crippen molar-refractivity contribution in [3.63, 3.8) is 0 Å². The van der Waals surface area contributed by atoms with Gasteiger partial charge in [0.15, 0.2) is 0 Å². The molecule has 0 bridgehead atoms. The molecule has 2 aromatic carbocycles. The number of unbranched alkanes of at least 4 members (excludes halogenated alkanes) is 1. The van der Waals surface area contributed by atoms with E-state index in [9.17, 15) is 9.59 Å². The summed E-state index contributed by atoms with van der Waals surface area (Å²) in [4.78, 5) is 26.3. The minimum Gasteiger partial charge on any atom is -0.489 e. The molecule has 0 spiro atoms. The number of thioether (sulfide) groups is 1. The Kier molecular flexibility index (Phi) is 8.51. The lowest BCUT2D eigenvalue weighted by Gasteiger charge is -2.13.